The first-order valence-electron chi connectivity index (χ1n) is 7.43. The lowest BCUT2D eigenvalue weighted by Crippen LogP contribution is -2.30. The zero-order valence-electron chi connectivity index (χ0n) is 12.2. The minimum atomic E-state index is 0.636. The van der Waals surface area contributed by atoms with Crippen molar-refractivity contribution in [1.82, 2.24) is 14.9 Å². The number of nitrogens with zero attached hydrogens (tertiary/aromatic N) is 2. The van der Waals surface area contributed by atoms with E-state index in [1.54, 1.807) is 0 Å². The number of ether oxygens (including phenoxy) is 2. The van der Waals surface area contributed by atoms with Crippen LogP contribution in [0.2, 0.25) is 0 Å². The van der Waals surface area contributed by atoms with Crippen LogP contribution in [-0.4, -0.2) is 34.6 Å². The quantitative estimate of drug-likeness (QED) is 0.917. The second-order valence-electron chi connectivity index (χ2n) is 5.69. The summed E-state index contributed by atoms with van der Waals surface area (Å²) in [7, 11) is 0. The highest BCUT2D eigenvalue weighted by Crippen LogP contribution is 2.31. The van der Waals surface area contributed by atoms with E-state index in [0.717, 1.165) is 43.4 Å². The smallest absolute Gasteiger partial charge is 0.161 e. The molecule has 110 valence electrons. The van der Waals surface area contributed by atoms with E-state index in [9.17, 15) is 0 Å². The number of rotatable bonds is 2. The summed E-state index contributed by atoms with van der Waals surface area (Å²) >= 11 is 0. The number of nitrogens with one attached hydrogen (secondary N) is 1. The van der Waals surface area contributed by atoms with Gasteiger partial charge < -0.3 is 14.5 Å². The summed E-state index contributed by atoms with van der Waals surface area (Å²) in [5, 5.41) is 0. The predicted octanol–water partition coefficient (Wildman–Crippen LogP) is 2.05. The van der Waals surface area contributed by atoms with Gasteiger partial charge in [0.1, 0.15) is 19.0 Å². The average molecular weight is 285 g/mol. The van der Waals surface area contributed by atoms with E-state index in [1.807, 2.05) is 13.0 Å². The molecule has 5 heteroatoms. The highest BCUT2D eigenvalue weighted by Gasteiger charge is 2.20. The summed E-state index contributed by atoms with van der Waals surface area (Å²) in [5.41, 5.74) is 3.75. The molecule has 0 unspecified atom stereocenters. The zero-order valence-corrected chi connectivity index (χ0v) is 12.2. The van der Waals surface area contributed by atoms with Crippen LogP contribution in [0.4, 0.5) is 0 Å². The second kappa shape index (κ2) is 5.07. The molecule has 1 aromatic carbocycles. The van der Waals surface area contributed by atoms with Gasteiger partial charge >= 0.3 is 0 Å². The van der Waals surface area contributed by atoms with Crippen molar-refractivity contribution in [1.29, 1.82) is 0 Å². The van der Waals surface area contributed by atoms with Gasteiger partial charge in [-0.25, -0.2) is 4.98 Å². The van der Waals surface area contributed by atoms with Crippen LogP contribution in [-0.2, 0) is 19.5 Å². The van der Waals surface area contributed by atoms with E-state index in [2.05, 4.69) is 27.0 Å². The predicted molar refractivity (Wildman–Crippen MR) is 78.6 cm³/mol. The van der Waals surface area contributed by atoms with Crippen LogP contribution < -0.4 is 9.47 Å². The Labute approximate surface area is 123 Å². The Morgan fingerprint density at radius 2 is 2.10 bits per heavy atom. The second-order valence-corrected chi connectivity index (χ2v) is 5.69. The Kier molecular flexibility index (Phi) is 3.07. The van der Waals surface area contributed by atoms with E-state index in [1.165, 1.54) is 17.0 Å². The molecule has 0 amide bonds. The Balaban J connectivity index is 1.49. The van der Waals surface area contributed by atoms with Gasteiger partial charge in [-0.05, 0) is 24.6 Å². The highest BCUT2D eigenvalue weighted by molar-refractivity contribution is 5.43. The highest BCUT2D eigenvalue weighted by atomic mass is 16.6. The summed E-state index contributed by atoms with van der Waals surface area (Å²) < 4.78 is 11.2. The van der Waals surface area contributed by atoms with Crippen molar-refractivity contribution in [3.63, 3.8) is 0 Å². The minimum absolute atomic E-state index is 0.636. The molecule has 0 saturated heterocycles. The molecular weight excluding hydrogens is 266 g/mol. The fourth-order valence-electron chi connectivity index (χ4n) is 3.07. The molecule has 4 rings (SSSR count). The van der Waals surface area contributed by atoms with Crippen LogP contribution in [0.5, 0.6) is 11.5 Å². The zero-order chi connectivity index (χ0) is 14.2. The third-order valence-electron chi connectivity index (χ3n) is 4.04. The summed E-state index contributed by atoms with van der Waals surface area (Å²) in [6.07, 6.45) is 1.02. The van der Waals surface area contributed by atoms with E-state index in [4.69, 9.17) is 9.47 Å². The number of aromatic nitrogens is 2. The molecule has 0 radical (unpaired) electrons. The van der Waals surface area contributed by atoms with Gasteiger partial charge in [-0.15, -0.1) is 0 Å². The molecule has 0 aliphatic carbocycles. The molecule has 0 fully saturated rings. The molecule has 5 nitrogen and oxygen atoms in total. The van der Waals surface area contributed by atoms with Crippen molar-refractivity contribution < 1.29 is 9.47 Å². The number of aromatic amines is 1. The molecule has 0 bridgehead atoms. The lowest BCUT2D eigenvalue weighted by molar-refractivity contribution is 0.171. The molecule has 21 heavy (non-hydrogen) atoms. The molecule has 2 aliphatic rings. The Hall–Kier alpha value is -2.01. The lowest BCUT2D eigenvalue weighted by Gasteiger charge is -2.26. The molecule has 0 atom stereocenters. The third-order valence-corrected chi connectivity index (χ3v) is 4.04. The number of hydrogen-bond acceptors (Lipinski definition) is 4. The van der Waals surface area contributed by atoms with Gasteiger partial charge in [0.05, 0.1) is 11.4 Å². The maximum Gasteiger partial charge on any atom is 0.161 e. The molecule has 1 aromatic heterocycles. The molecule has 2 aliphatic heterocycles. The van der Waals surface area contributed by atoms with Crippen molar-refractivity contribution >= 4 is 0 Å². The van der Waals surface area contributed by atoms with Crippen LogP contribution in [0, 0.1) is 6.92 Å². The van der Waals surface area contributed by atoms with Gasteiger partial charge in [0.2, 0.25) is 0 Å². The van der Waals surface area contributed by atoms with E-state index >= 15 is 0 Å². The molecule has 1 N–H and O–H groups in total. The van der Waals surface area contributed by atoms with E-state index in [0.29, 0.717) is 13.2 Å². The summed E-state index contributed by atoms with van der Waals surface area (Å²) in [6.45, 7) is 6.20. The van der Waals surface area contributed by atoms with Crippen molar-refractivity contribution in [2.45, 2.75) is 26.4 Å². The SMILES string of the molecule is Cc1nc2c([nH]1)CN(Cc1ccc3c(c1)OCCO3)CC2. The van der Waals surface area contributed by atoms with Crippen LogP contribution in [0.15, 0.2) is 18.2 Å². The number of fused-ring (bicyclic) bond motifs is 2. The topological polar surface area (TPSA) is 50.4 Å². The first-order chi connectivity index (χ1) is 10.3. The summed E-state index contributed by atoms with van der Waals surface area (Å²) in [5.74, 6) is 2.74. The van der Waals surface area contributed by atoms with Crippen molar-refractivity contribution in [2.75, 3.05) is 19.8 Å². The van der Waals surface area contributed by atoms with Gasteiger partial charge in [-0.2, -0.15) is 0 Å². The summed E-state index contributed by atoms with van der Waals surface area (Å²) in [4.78, 5) is 10.3. The minimum Gasteiger partial charge on any atom is -0.486 e. The molecule has 3 heterocycles. The van der Waals surface area contributed by atoms with Gasteiger partial charge in [0.15, 0.2) is 11.5 Å². The van der Waals surface area contributed by atoms with Crippen LogP contribution in [0.3, 0.4) is 0 Å². The van der Waals surface area contributed by atoms with Crippen LogP contribution >= 0.6 is 0 Å². The molecule has 0 spiro atoms. The van der Waals surface area contributed by atoms with Crippen molar-refractivity contribution in [3.8, 4) is 11.5 Å². The molecule has 2 aromatic rings. The first kappa shape index (κ1) is 12.7. The largest absolute Gasteiger partial charge is 0.486 e. The maximum absolute atomic E-state index is 5.65. The normalized spacial score (nSPS) is 17.6. The number of H-pyrrole nitrogens is 1. The van der Waals surface area contributed by atoms with Gasteiger partial charge in [-0.1, -0.05) is 6.07 Å². The molecular formula is C16H19N3O2. The van der Waals surface area contributed by atoms with Crippen LogP contribution in [0.25, 0.3) is 0 Å². The lowest BCUT2D eigenvalue weighted by atomic mass is 10.1. The van der Waals surface area contributed by atoms with Gasteiger partial charge in [0, 0.05) is 26.1 Å². The molecule has 0 saturated carbocycles. The van der Waals surface area contributed by atoms with Crippen molar-refractivity contribution in [2.24, 2.45) is 0 Å². The Morgan fingerprint density at radius 3 is 3.00 bits per heavy atom. The number of benzene rings is 1. The third kappa shape index (κ3) is 2.49. The van der Waals surface area contributed by atoms with Gasteiger partial charge in [0.25, 0.3) is 0 Å². The fourth-order valence-corrected chi connectivity index (χ4v) is 3.07. The summed E-state index contributed by atoms with van der Waals surface area (Å²) in [6, 6.07) is 6.24. The number of imidazole rings is 1. The number of hydrogen-bond donors (Lipinski definition) is 1. The van der Waals surface area contributed by atoms with Crippen LogP contribution in [0.1, 0.15) is 22.8 Å². The van der Waals surface area contributed by atoms with E-state index < -0.39 is 0 Å². The fraction of sp³-hybridized carbons (Fsp3) is 0.438. The average Bonchev–Trinajstić information content (AvgIpc) is 2.86. The Morgan fingerprint density at radius 1 is 1.24 bits per heavy atom. The first-order valence-corrected chi connectivity index (χ1v) is 7.43. The number of aryl methyl sites for hydroxylation is 1. The monoisotopic (exact) mass is 285 g/mol. The van der Waals surface area contributed by atoms with Crippen molar-refractivity contribution in [3.05, 3.63) is 41.0 Å². The maximum atomic E-state index is 5.65. The van der Waals surface area contributed by atoms with E-state index in [-0.39, 0.29) is 0 Å². The van der Waals surface area contributed by atoms with Gasteiger partial charge in [-0.3, -0.25) is 4.90 Å². The standard InChI is InChI=1S/C16H19N3O2/c1-11-17-13-4-5-19(10-14(13)18-11)9-12-2-3-15-16(8-12)21-7-6-20-15/h2-3,8H,4-7,9-10H2,1H3,(H,17,18). The Bertz CT molecular complexity index is 666.